The van der Waals surface area contributed by atoms with E-state index in [0.29, 0.717) is 0 Å². The minimum Gasteiger partial charge on any atom is -0.445 e. The first-order valence-corrected chi connectivity index (χ1v) is 4.41. The molecule has 2 amide bonds. The van der Waals surface area contributed by atoms with Crippen LogP contribution in [-0.2, 0) is 16.1 Å². The number of ether oxygens (including phenoxy) is 1. The molecule has 5 nitrogen and oxygen atoms in total. The summed E-state index contributed by atoms with van der Waals surface area (Å²) in [5, 5.41) is 2.22. The summed E-state index contributed by atoms with van der Waals surface area (Å²) in [7, 11) is 0. The normalized spacial score (nSPS) is 9.33. The second kappa shape index (κ2) is 5.64. The van der Waals surface area contributed by atoms with Crippen molar-refractivity contribution < 1.29 is 17.2 Å². The van der Waals surface area contributed by atoms with E-state index in [4.69, 9.17) is 10.5 Å². The van der Waals surface area contributed by atoms with E-state index in [1.54, 1.807) is 0 Å². The highest BCUT2D eigenvalue weighted by atomic mass is 16.5. The van der Waals surface area contributed by atoms with E-state index < -0.39 is 12.0 Å². The van der Waals surface area contributed by atoms with E-state index in [1.165, 1.54) is 0 Å². The highest BCUT2D eigenvalue weighted by Crippen LogP contribution is 2.00. The van der Waals surface area contributed by atoms with Gasteiger partial charge in [-0.1, -0.05) is 30.3 Å². The molecule has 0 spiro atoms. The van der Waals surface area contributed by atoms with Crippen molar-refractivity contribution >= 4 is 12.0 Å². The number of hydrogen-bond donors (Lipinski definition) is 2. The molecule has 1 aromatic carbocycles. The van der Waals surface area contributed by atoms with Crippen molar-refractivity contribution in [3.05, 3.63) is 35.9 Å². The second-order valence-corrected chi connectivity index (χ2v) is 2.88. The van der Waals surface area contributed by atoms with E-state index in [0.717, 1.165) is 5.56 Å². The molecule has 15 heavy (non-hydrogen) atoms. The van der Waals surface area contributed by atoms with E-state index in [2.05, 4.69) is 5.32 Å². The highest BCUT2D eigenvalue weighted by Gasteiger charge is 2.03. The third-order valence-corrected chi connectivity index (χ3v) is 1.62. The second-order valence-electron chi connectivity index (χ2n) is 2.88. The molecule has 0 aliphatic rings. The number of carbonyl (C=O) groups excluding carboxylic acids is 2. The molecule has 0 heterocycles. The number of carbonyl (C=O) groups is 2. The maximum absolute atomic E-state index is 11.0. The zero-order chi connectivity index (χ0) is 11.1. The van der Waals surface area contributed by atoms with Gasteiger partial charge in [-0.25, -0.2) is 4.79 Å². The fourth-order valence-corrected chi connectivity index (χ4v) is 0.933. The molecule has 0 aliphatic heterocycles. The first kappa shape index (κ1) is 11.0. The summed E-state index contributed by atoms with van der Waals surface area (Å²) in [6, 6.07) is 9.24. The lowest BCUT2D eigenvalue weighted by molar-refractivity contribution is -0.117. The third-order valence-electron chi connectivity index (χ3n) is 1.62. The molecule has 0 aromatic heterocycles. The molecule has 84 valence electrons. The van der Waals surface area contributed by atoms with Gasteiger partial charge in [0.15, 0.2) is 0 Å². The van der Waals surface area contributed by atoms with E-state index in [9.17, 15) is 9.59 Å². The molecule has 3 N–H and O–H groups in total. The first-order chi connectivity index (χ1) is 7.18. The lowest BCUT2D eigenvalue weighted by Gasteiger charge is -2.05. The standard InChI is InChI=1S/C10H12N2O3.2H2/c11-9(13)6-12-10(14)15-7-8-4-2-1-3-5-8;;/h1-5H,6-7H2,(H2,11,13)(H,12,14);2*1H. The van der Waals surface area contributed by atoms with Crippen LogP contribution in [0.25, 0.3) is 0 Å². The minimum absolute atomic E-state index is 0. The molecular weight excluding hydrogens is 196 g/mol. The summed E-state index contributed by atoms with van der Waals surface area (Å²) < 4.78 is 4.82. The van der Waals surface area contributed by atoms with E-state index >= 15 is 0 Å². The van der Waals surface area contributed by atoms with E-state index in [-0.39, 0.29) is 16.0 Å². The molecule has 1 rings (SSSR count). The number of nitrogens with two attached hydrogens (primary N) is 1. The predicted octanol–water partition coefficient (Wildman–Crippen LogP) is 0.890. The van der Waals surface area contributed by atoms with Crippen molar-refractivity contribution in [1.29, 1.82) is 0 Å². The minimum atomic E-state index is -0.655. The van der Waals surface area contributed by atoms with Gasteiger partial charge >= 0.3 is 6.09 Å². The Kier molecular flexibility index (Phi) is 4.15. The quantitative estimate of drug-likeness (QED) is 0.777. The number of rotatable bonds is 4. The molecule has 1 aromatic rings. The topological polar surface area (TPSA) is 81.4 Å². The Labute approximate surface area is 90.2 Å². The average molecular weight is 212 g/mol. The van der Waals surface area contributed by atoms with Crippen LogP contribution in [0.5, 0.6) is 0 Å². The maximum atomic E-state index is 11.0. The molecule has 0 aliphatic carbocycles. The summed E-state index contributed by atoms with van der Waals surface area (Å²) in [6.07, 6.45) is -0.655. The summed E-state index contributed by atoms with van der Waals surface area (Å²) >= 11 is 0. The summed E-state index contributed by atoms with van der Waals surface area (Å²) in [5.74, 6) is -0.605. The lowest BCUT2D eigenvalue weighted by atomic mass is 10.2. The summed E-state index contributed by atoms with van der Waals surface area (Å²) in [4.78, 5) is 21.3. The van der Waals surface area contributed by atoms with Crippen LogP contribution in [0.4, 0.5) is 4.79 Å². The molecule has 0 saturated heterocycles. The van der Waals surface area contributed by atoms with Crippen LogP contribution in [0.2, 0.25) is 0 Å². The van der Waals surface area contributed by atoms with Crippen LogP contribution >= 0.6 is 0 Å². The SMILES string of the molecule is NC(=O)CNC(=O)OCc1ccccc1.[HH].[HH]. The molecule has 0 radical (unpaired) electrons. The number of hydrogen-bond acceptors (Lipinski definition) is 3. The zero-order valence-electron chi connectivity index (χ0n) is 8.10. The number of alkyl carbamates (subject to hydrolysis) is 1. The third kappa shape index (κ3) is 4.66. The number of primary amides is 1. The van der Waals surface area contributed by atoms with Gasteiger partial charge in [0, 0.05) is 2.85 Å². The van der Waals surface area contributed by atoms with Crippen molar-refractivity contribution in [1.82, 2.24) is 5.32 Å². The summed E-state index contributed by atoms with van der Waals surface area (Å²) in [6.45, 7) is -0.0426. The highest BCUT2D eigenvalue weighted by molar-refractivity contribution is 5.80. The summed E-state index contributed by atoms with van der Waals surface area (Å²) in [5.41, 5.74) is 5.72. The van der Waals surface area contributed by atoms with Crippen molar-refractivity contribution in [3.8, 4) is 0 Å². The van der Waals surface area contributed by atoms with Crippen LogP contribution < -0.4 is 11.1 Å². The lowest BCUT2D eigenvalue weighted by Crippen LogP contribution is -2.33. The fraction of sp³-hybridized carbons (Fsp3) is 0.200. The van der Waals surface area contributed by atoms with Gasteiger partial charge in [0.1, 0.15) is 6.61 Å². The van der Waals surface area contributed by atoms with Gasteiger partial charge in [-0.15, -0.1) is 0 Å². The maximum Gasteiger partial charge on any atom is 0.407 e. The molecule has 5 heteroatoms. The molecular formula is C10H16N2O3. The van der Waals surface area contributed by atoms with Crippen LogP contribution in [0.3, 0.4) is 0 Å². The Hall–Kier alpha value is -2.04. The zero-order valence-corrected chi connectivity index (χ0v) is 8.10. The van der Waals surface area contributed by atoms with Gasteiger partial charge in [-0.05, 0) is 5.56 Å². The Morgan fingerprint density at radius 2 is 2.00 bits per heavy atom. The molecule has 0 unspecified atom stereocenters. The van der Waals surface area contributed by atoms with Crippen LogP contribution in [0.1, 0.15) is 8.42 Å². The largest absolute Gasteiger partial charge is 0.445 e. The first-order valence-electron chi connectivity index (χ1n) is 4.41. The van der Waals surface area contributed by atoms with Crippen molar-refractivity contribution in [3.63, 3.8) is 0 Å². The van der Waals surface area contributed by atoms with Crippen LogP contribution in [0, 0.1) is 0 Å². The van der Waals surface area contributed by atoms with Crippen molar-refractivity contribution in [2.45, 2.75) is 6.61 Å². The van der Waals surface area contributed by atoms with Crippen LogP contribution in [-0.4, -0.2) is 18.5 Å². The predicted molar refractivity (Wildman–Crippen MR) is 58.1 cm³/mol. The Bertz CT molecular complexity index is 347. The number of nitrogens with one attached hydrogen (secondary N) is 1. The molecule has 0 bridgehead atoms. The van der Waals surface area contributed by atoms with Crippen LogP contribution in [0.15, 0.2) is 30.3 Å². The Morgan fingerprint density at radius 1 is 1.33 bits per heavy atom. The van der Waals surface area contributed by atoms with Gasteiger partial charge in [0.25, 0.3) is 0 Å². The Morgan fingerprint density at radius 3 is 2.60 bits per heavy atom. The number of amides is 2. The Balaban J connectivity index is 0. The van der Waals surface area contributed by atoms with Gasteiger partial charge in [-0.3, -0.25) is 4.79 Å². The average Bonchev–Trinajstić information content (AvgIpc) is 2.25. The van der Waals surface area contributed by atoms with Gasteiger partial charge < -0.3 is 15.8 Å². The van der Waals surface area contributed by atoms with Gasteiger partial charge in [-0.2, -0.15) is 0 Å². The van der Waals surface area contributed by atoms with Crippen molar-refractivity contribution in [2.24, 2.45) is 5.73 Å². The molecule has 0 fully saturated rings. The molecule has 0 atom stereocenters. The smallest absolute Gasteiger partial charge is 0.407 e. The van der Waals surface area contributed by atoms with Crippen molar-refractivity contribution in [2.75, 3.05) is 6.54 Å². The van der Waals surface area contributed by atoms with E-state index in [1.807, 2.05) is 30.3 Å². The molecule has 0 saturated carbocycles. The van der Waals surface area contributed by atoms with Gasteiger partial charge in [0.05, 0.1) is 6.54 Å². The fourth-order valence-electron chi connectivity index (χ4n) is 0.933. The monoisotopic (exact) mass is 212 g/mol. The van der Waals surface area contributed by atoms with Gasteiger partial charge in [0.2, 0.25) is 5.91 Å². The number of benzene rings is 1.